The first-order chi connectivity index (χ1) is 9.64. The van der Waals surface area contributed by atoms with Gasteiger partial charge in [0.25, 0.3) is 0 Å². The summed E-state index contributed by atoms with van der Waals surface area (Å²) in [5.41, 5.74) is 2.30. The van der Waals surface area contributed by atoms with Gasteiger partial charge in [-0.1, -0.05) is 60.7 Å². The SMILES string of the molecule is O=S1(=O)N=C(c2ccccc2)C=C(c2ccccc2)[N-]1.[Na+]. The minimum atomic E-state index is -3.83. The van der Waals surface area contributed by atoms with Crippen LogP contribution in [0.4, 0.5) is 0 Å². The zero-order chi connectivity index (χ0) is 14.0. The molecule has 0 atom stereocenters. The van der Waals surface area contributed by atoms with Crippen molar-refractivity contribution in [1.29, 1.82) is 0 Å². The van der Waals surface area contributed by atoms with Crippen LogP contribution in [-0.4, -0.2) is 14.1 Å². The van der Waals surface area contributed by atoms with Crippen LogP contribution in [0, 0.1) is 0 Å². The zero-order valence-electron chi connectivity index (χ0n) is 11.5. The van der Waals surface area contributed by atoms with Crippen molar-refractivity contribution < 1.29 is 38.0 Å². The topological polar surface area (TPSA) is 60.6 Å². The van der Waals surface area contributed by atoms with Crippen LogP contribution in [0.1, 0.15) is 11.1 Å². The second kappa shape index (κ2) is 6.58. The van der Waals surface area contributed by atoms with E-state index < -0.39 is 10.2 Å². The summed E-state index contributed by atoms with van der Waals surface area (Å²) in [5.74, 6) is 0. The largest absolute Gasteiger partial charge is 1.00 e. The first-order valence-electron chi connectivity index (χ1n) is 6.04. The number of rotatable bonds is 2. The van der Waals surface area contributed by atoms with E-state index in [2.05, 4.69) is 9.12 Å². The Morgan fingerprint density at radius 1 is 0.810 bits per heavy atom. The molecule has 6 heteroatoms. The Morgan fingerprint density at radius 3 is 1.90 bits per heavy atom. The second-order valence-corrected chi connectivity index (χ2v) is 5.54. The van der Waals surface area contributed by atoms with Gasteiger partial charge in [-0.05, 0) is 11.6 Å². The maximum absolute atomic E-state index is 11.8. The molecule has 0 radical (unpaired) electrons. The van der Waals surface area contributed by atoms with Gasteiger partial charge in [-0.15, -0.1) is 5.70 Å². The molecule has 2 aromatic rings. The van der Waals surface area contributed by atoms with Crippen LogP contribution in [0.2, 0.25) is 0 Å². The van der Waals surface area contributed by atoms with Crippen molar-refractivity contribution in [2.75, 3.05) is 0 Å². The molecule has 0 amide bonds. The van der Waals surface area contributed by atoms with Crippen molar-refractivity contribution in [3.8, 4) is 0 Å². The Labute approximate surface area is 146 Å². The molecular weight excluding hydrogens is 295 g/mol. The summed E-state index contributed by atoms with van der Waals surface area (Å²) in [4.78, 5) is 0. The van der Waals surface area contributed by atoms with Crippen molar-refractivity contribution >= 4 is 21.6 Å². The molecule has 0 saturated heterocycles. The fourth-order valence-electron chi connectivity index (χ4n) is 1.94. The van der Waals surface area contributed by atoms with Crippen LogP contribution >= 0.6 is 0 Å². The first-order valence-corrected chi connectivity index (χ1v) is 7.44. The predicted molar refractivity (Wildman–Crippen MR) is 79.7 cm³/mol. The molecule has 0 aromatic heterocycles. The van der Waals surface area contributed by atoms with Crippen LogP contribution < -0.4 is 29.6 Å². The molecule has 2 aromatic carbocycles. The number of allylic oxidation sites excluding steroid dienone is 1. The van der Waals surface area contributed by atoms with Gasteiger partial charge < -0.3 is 4.72 Å². The van der Waals surface area contributed by atoms with Gasteiger partial charge in [0.05, 0.1) is 5.71 Å². The molecule has 0 aliphatic carbocycles. The standard InChI is InChI=1S/C15H11N2O2S.Na/c18-20(19)16-14(12-7-3-1-4-8-12)11-15(17-20)13-9-5-2-6-10-13;/h1-11H;/q-1;+1. The van der Waals surface area contributed by atoms with E-state index in [0.717, 1.165) is 11.1 Å². The van der Waals surface area contributed by atoms with Crippen molar-refractivity contribution in [1.82, 2.24) is 0 Å². The quantitative estimate of drug-likeness (QED) is 0.742. The summed E-state index contributed by atoms with van der Waals surface area (Å²) in [6, 6.07) is 18.4. The van der Waals surface area contributed by atoms with E-state index in [0.29, 0.717) is 11.4 Å². The summed E-state index contributed by atoms with van der Waals surface area (Å²) in [6.45, 7) is 0. The van der Waals surface area contributed by atoms with Crippen molar-refractivity contribution in [2.45, 2.75) is 0 Å². The molecular formula is C15H11N2NaO2S. The molecule has 0 saturated carbocycles. The van der Waals surface area contributed by atoms with Gasteiger partial charge in [0.15, 0.2) is 0 Å². The van der Waals surface area contributed by atoms with Gasteiger partial charge in [0.2, 0.25) is 10.2 Å². The van der Waals surface area contributed by atoms with Gasteiger partial charge in [0.1, 0.15) is 0 Å². The van der Waals surface area contributed by atoms with E-state index in [-0.39, 0.29) is 29.6 Å². The normalized spacial score (nSPS) is 16.0. The Balaban J connectivity index is 0.00000161. The first kappa shape index (κ1) is 16.0. The van der Waals surface area contributed by atoms with Crippen molar-refractivity contribution in [3.05, 3.63) is 82.6 Å². The van der Waals surface area contributed by atoms with E-state index in [4.69, 9.17) is 0 Å². The molecule has 0 unspecified atom stereocenters. The molecule has 1 aliphatic heterocycles. The van der Waals surface area contributed by atoms with Gasteiger partial charge in [-0.3, -0.25) is 0 Å². The summed E-state index contributed by atoms with van der Waals surface area (Å²) < 4.78 is 31.1. The van der Waals surface area contributed by atoms with Crippen molar-refractivity contribution in [3.63, 3.8) is 0 Å². The Bertz CT molecular complexity index is 785. The van der Waals surface area contributed by atoms with Crippen LogP contribution in [-0.2, 0) is 10.2 Å². The number of benzene rings is 2. The van der Waals surface area contributed by atoms with Gasteiger partial charge in [0, 0.05) is 5.56 Å². The maximum atomic E-state index is 11.8. The van der Waals surface area contributed by atoms with E-state index in [1.54, 1.807) is 6.08 Å². The Kier molecular flexibility index (Phi) is 5.00. The number of hydrogen-bond donors (Lipinski definition) is 0. The molecule has 0 bridgehead atoms. The zero-order valence-corrected chi connectivity index (χ0v) is 14.3. The fraction of sp³-hybridized carbons (Fsp3) is 0. The third kappa shape index (κ3) is 3.83. The van der Waals surface area contributed by atoms with Crippen LogP contribution in [0.3, 0.4) is 0 Å². The summed E-state index contributed by atoms with van der Waals surface area (Å²) in [7, 11) is -3.83. The fourth-order valence-corrected chi connectivity index (χ4v) is 2.80. The molecule has 21 heavy (non-hydrogen) atoms. The minimum Gasteiger partial charge on any atom is -0.557 e. The summed E-state index contributed by atoms with van der Waals surface area (Å²) in [5, 5.41) is 0. The smallest absolute Gasteiger partial charge is 0.557 e. The molecule has 0 fully saturated rings. The van der Waals surface area contributed by atoms with E-state index in [1.165, 1.54) is 0 Å². The van der Waals surface area contributed by atoms with Gasteiger partial charge in [-0.25, -0.2) is 8.42 Å². The molecule has 100 valence electrons. The van der Waals surface area contributed by atoms with E-state index in [9.17, 15) is 8.42 Å². The van der Waals surface area contributed by atoms with Crippen LogP contribution in [0.15, 0.2) is 71.1 Å². The average Bonchev–Trinajstić information content (AvgIpc) is 2.47. The minimum absolute atomic E-state index is 0. The molecule has 3 rings (SSSR count). The summed E-state index contributed by atoms with van der Waals surface area (Å²) >= 11 is 0. The predicted octanol–water partition coefficient (Wildman–Crippen LogP) is 0.153. The molecule has 1 heterocycles. The molecule has 0 N–H and O–H groups in total. The molecule has 4 nitrogen and oxygen atoms in total. The van der Waals surface area contributed by atoms with E-state index >= 15 is 0 Å². The Hall–Kier alpha value is -1.40. The third-order valence-corrected chi connectivity index (χ3v) is 3.69. The monoisotopic (exact) mass is 306 g/mol. The van der Waals surface area contributed by atoms with Crippen LogP contribution in [0.25, 0.3) is 10.4 Å². The number of nitrogens with zero attached hydrogens (tertiary/aromatic N) is 2. The molecule has 1 aliphatic rings. The van der Waals surface area contributed by atoms with E-state index in [1.807, 2.05) is 60.7 Å². The average molecular weight is 306 g/mol. The second-order valence-electron chi connectivity index (χ2n) is 4.28. The summed E-state index contributed by atoms with van der Waals surface area (Å²) in [6.07, 6.45) is 1.69. The van der Waals surface area contributed by atoms with Gasteiger partial charge >= 0.3 is 29.6 Å². The molecule has 0 spiro atoms. The maximum Gasteiger partial charge on any atom is 1.00 e. The van der Waals surface area contributed by atoms with Crippen LogP contribution in [0.5, 0.6) is 0 Å². The number of hydrogen-bond acceptors (Lipinski definition) is 2. The van der Waals surface area contributed by atoms with Gasteiger partial charge in [-0.2, -0.15) is 4.40 Å². The Morgan fingerprint density at radius 2 is 1.33 bits per heavy atom. The van der Waals surface area contributed by atoms with Crippen molar-refractivity contribution in [2.24, 2.45) is 4.40 Å². The third-order valence-electron chi connectivity index (χ3n) is 2.84.